The number of rotatable bonds is 6. The Morgan fingerprint density at radius 2 is 1.21 bits per heavy atom. The molecule has 3 aromatic heterocycles. The number of aryl methyl sites for hydroxylation is 2. The Labute approximate surface area is 221 Å². The van der Waals surface area contributed by atoms with Gasteiger partial charge < -0.3 is 0 Å². The zero-order valence-corrected chi connectivity index (χ0v) is 21.2. The maximum Gasteiger partial charge on any atom is 0.275 e. The van der Waals surface area contributed by atoms with Crippen LogP contribution in [0.15, 0.2) is 101 Å². The third kappa shape index (κ3) is 4.11. The molecular weight excluding hydrogens is 497 g/mol. The first-order valence-electron chi connectivity index (χ1n) is 12.3. The fourth-order valence-corrected chi connectivity index (χ4v) is 4.92. The number of aromatic amines is 2. The predicted octanol–water partition coefficient (Wildman–Crippen LogP) is 4.16. The van der Waals surface area contributed by atoms with Crippen LogP contribution in [0.3, 0.4) is 0 Å². The average molecular weight is 522 g/mol. The van der Waals surface area contributed by atoms with Crippen molar-refractivity contribution in [2.24, 2.45) is 0 Å². The summed E-state index contributed by atoms with van der Waals surface area (Å²) in [5, 5.41) is 14.8. The Morgan fingerprint density at radius 3 is 1.72 bits per heavy atom. The second-order valence-corrected chi connectivity index (χ2v) is 9.23. The average Bonchev–Trinajstić information content (AvgIpc) is 3.63. The van der Waals surface area contributed by atoms with E-state index < -0.39 is 11.7 Å². The van der Waals surface area contributed by atoms with Gasteiger partial charge in [0.15, 0.2) is 0 Å². The van der Waals surface area contributed by atoms with E-state index in [1.807, 2.05) is 60.7 Å². The SMILES string of the molecule is Cc1[nH]n(-c2ccccc2)c(=O)c1C(c1cn(-c2ccccc2F)nn1)c1c(C)[nH]n(-c2ccccc2)c1=O. The Kier molecular flexibility index (Phi) is 5.91. The molecule has 0 spiro atoms. The first-order chi connectivity index (χ1) is 18.9. The monoisotopic (exact) mass is 521 g/mol. The lowest BCUT2D eigenvalue weighted by Gasteiger charge is -2.12. The fraction of sp³-hybridized carbons (Fsp3) is 0.103. The summed E-state index contributed by atoms with van der Waals surface area (Å²) in [7, 11) is 0. The molecule has 10 heteroatoms. The molecule has 9 nitrogen and oxygen atoms in total. The molecule has 0 fully saturated rings. The van der Waals surface area contributed by atoms with Crippen LogP contribution in [0.1, 0.15) is 34.1 Å². The standard InChI is InChI=1S/C29H24FN7O2/c1-18-25(28(38)36(32-18)20-11-5-3-6-12-20)27(23-17-35(34-31-23)24-16-10-9-15-22(24)30)26-19(2)33-37(29(26)39)21-13-7-4-8-14-21/h3-17,27,32-33H,1-2H3. The van der Waals surface area contributed by atoms with Crippen molar-refractivity contribution < 1.29 is 4.39 Å². The molecule has 2 N–H and O–H groups in total. The molecule has 0 aliphatic carbocycles. The van der Waals surface area contributed by atoms with Gasteiger partial charge in [-0.1, -0.05) is 53.7 Å². The smallest absolute Gasteiger partial charge is 0.275 e. The Bertz CT molecular complexity index is 1800. The fourth-order valence-electron chi connectivity index (χ4n) is 4.92. The van der Waals surface area contributed by atoms with Crippen molar-refractivity contribution in [1.82, 2.24) is 34.6 Å². The molecular formula is C29H24FN7O2. The summed E-state index contributed by atoms with van der Waals surface area (Å²) < 4.78 is 18.8. The van der Waals surface area contributed by atoms with E-state index in [1.165, 1.54) is 20.1 Å². The van der Waals surface area contributed by atoms with Gasteiger partial charge >= 0.3 is 0 Å². The zero-order chi connectivity index (χ0) is 27.1. The zero-order valence-electron chi connectivity index (χ0n) is 21.2. The second kappa shape index (κ2) is 9.56. The molecule has 0 aliphatic rings. The van der Waals surface area contributed by atoms with Crippen LogP contribution in [-0.2, 0) is 0 Å². The second-order valence-electron chi connectivity index (χ2n) is 9.23. The van der Waals surface area contributed by atoms with Gasteiger partial charge in [0.2, 0.25) is 0 Å². The molecule has 0 saturated carbocycles. The van der Waals surface area contributed by atoms with Gasteiger partial charge in [0.1, 0.15) is 11.5 Å². The molecule has 0 radical (unpaired) electrons. The number of halogens is 1. The largest absolute Gasteiger partial charge is 0.295 e. The number of aromatic nitrogens is 7. The van der Waals surface area contributed by atoms with Crippen molar-refractivity contribution in [3.8, 4) is 17.1 Å². The van der Waals surface area contributed by atoms with E-state index >= 15 is 0 Å². The molecule has 0 atom stereocenters. The lowest BCUT2D eigenvalue weighted by Crippen LogP contribution is -2.25. The van der Waals surface area contributed by atoms with Crippen LogP contribution in [0, 0.1) is 19.7 Å². The van der Waals surface area contributed by atoms with Gasteiger partial charge in [-0.25, -0.2) is 18.4 Å². The summed E-state index contributed by atoms with van der Waals surface area (Å²) in [5.41, 5.74) is 3.02. The lowest BCUT2D eigenvalue weighted by atomic mass is 9.89. The lowest BCUT2D eigenvalue weighted by molar-refractivity contribution is 0.607. The minimum atomic E-state index is -0.882. The third-order valence-corrected chi connectivity index (χ3v) is 6.75. The van der Waals surface area contributed by atoms with Crippen molar-refractivity contribution in [2.45, 2.75) is 19.8 Å². The van der Waals surface area contributed by atoms with Gasteiger partial charge in [-0.3, -0.25) is 19.8 Å². The molecule has 0 aliphatic heterocycles. The van der Waals surface area contributed by atoms with Crippen LogP contribution in [-0.4, -0.2) is 34.6 Å². The Balaban J connectivity index is 1.59. The highest BCUT2D eigenvalue weighted by molar-refractivity contribution is 5.46. The summed E-state index contributed by atoms with van der Waals surface area (Å²) in [6.07, 6.45) is 1.56. The summed E-state index contributed by atoms with van der Waals surface area (Å²) in [5.74, 6) is -1.35. The molecule has 39 heavy (non-hydrogen) atoms. The molecule has 0 amide bonds. The number of para-hydroxylation sites is 3. The maximum atomic E-state index is 14.6. The first kappa shape index (κ1) is 24.1. The van der Waals surface area contributed by atoms with Crippen molar-refractivity contribution in [3.63, 3.8) is 0 Å². The predicted molar refractivity (Wildman–Crippen MR) is 145 cm³/mol. The highest BCUT2D eigenvalue weighted by Crippen LogP contribution is 2.31. The number of H-pyrrole nitrogens is 2. The van der Waals surface area contributed by atoms with Gasteiger partial charge in [-0.05, 0) is 50.2 Å². The number of nitrogens with one attached hydrogen (secondary N) is 2. The van der Waals surface area contributed by atoms with Crippen LogP contribution in [0.5, 0.6) is 0 Å². The molecule has 0 unspecified atom stereocenters. The van der Waals surface area contributed by atoms with E-state index in [1.54, 1.807) is 38.2 Å². The summed E-state index contributed by atoms with van der Waals surface area (Å²) in [6, 6.07) is 24.5. The van der Waals surface area contributed by atoms with Crippen LogP contribution in [0.4, 0.5) is 4.39 Å². The molecule has 6 rings (SSSR count). The van der Waals surface area contributed by atoms with Crippen LogP contribution < -0.4 is 11.1 Å². The van der Waals surface area contributed by atoms with Gasteiger partial charge in [0, 0.05) is 11.4 Å². The minimum absolute atomic E-state index is 0.204. The van der Waals surface area contributed by atoms with Crippen molar-refractivity contribution in [3.05, 3.63) is 146 Å². The van der Waals surface area contributed by atoms with E-state index in [0.717, 1.165) is 0 Å². The molecule has 0 saturated heterocycles. The van der Waals surface area contributed by atoms with Crippen LogP contribution >= 0.6 is 0 Å². The highest BCUT2D eigenvalue weighted by Gasteiger charge is 2.33. The molecule has 6 aromatic rings. The number of benzene rings is 3. The van der Waals surface area contributed by atoms with Crippen molar-refractivity contribution in [2.75, 3.05) is 0 Å². The summed E-state index contributed by atoms with van der Waals surface area (Å²) in [6.45, 7) is 3.56. The number of hydrogen-bond donors (Lipinski definition) is 2. The maximum absolute atomic E-state index is 14.6. The molecule has 3 aromatic carbocycles. The minimum Gasteiger partial charge on any atom is -0.295 e. The number of hydrogen-bond acceptors (Lipinski definition) is 4. The van der Waals surface area contributed by atoms with Gasteiger partial charge in [-0.2, -0.15) is 0 Å². The molecule has 3 heterocycles. The summed E-state index contributed by atoms with van der Waals surface area (Å²) >= 11 is 0. The van der Waals surface area contributed by atoms with E-state index in [-0.39, 0.29) is 16.8 Å². The van der Waals surface area contributed by atoms with Gasteiger partial charge in [-0.15, -0.1) is 5.10 Å². The quantitative estimate of drug-likeness (QED) is 0.343. The third-order valence-electron chi connectivity index (χ3n) is 6.75. The molecule has 194 valence electrons. The van der Waals surface area contributed by atoms with E-state index in [9.17, 15) is 14.0 Å². The van der Waals surface area contributed by atoms with Crippen LogP contribution in [0.25, 0.3) is 17.1 Å². The van der Waals surface area contributed by atoms with E-state index in [0.29, 0.717) is 39.6 Å². The van der Waals surface area contributed by atoms with Crippen molar-refractivity contribution >= 4 is 0 Å². The summed E-state index contributed by atoms with van der Waals surface area (Å²) in [4.78, 5) is 27.8. The van der Waals surface area contributed by atoms with E-state index in [2.05, 4.69) is 20.5 Å². The first-order valence-corrected chi connectivity index (χ1v) is 12.3. The van der Waals surface area contributed by atoms with Crippen LogP contribution in [0.2, 0.25) is 0 Å². The van der Waals surface area contributed by atoms with Gasteiger partial charge in [0.05, 0.1) is 40.3 Å². The Hall–Kier alpha value is -5.25. The molecule has 0 bridgehead atoms. The highest BCUT2D eigenvalue weighted by atomic mass is 19.1. The normalized spacial score (nSPS) is 11.4. The topological polar surface area (TPSA) is 106 Å². The van der Waals surface area contributed by atoms with Crippen molar-refractivity contribution in [1.29, 1.82) is 0 Å². The van der Waals surface area contributed by atoms with Gasteiger partial charge in [0.25, 0.3) is 11.1 Å². The Morgan fingerprint density at radius 1 is 0.718 bits per heavy atom. The van der Waals surface area contributed by atoms with E-state index in [4.69, 9.17) is 0 Å². The number of nitrogens with zero attached hydrogens (tertiary/aromatic N) is 5.